The van der Waals surface area contributed by atoms with Gasteiger partial charge in [-0.05, 0) is 77.9 Å². The molecule has 3 aromatic heterocycles. The third kappa shape index (κ3) is 3.12. The van der Waals surface area contributed by atoms with E-state index in [0.717, 1.165) is 17.0 Å². The Bertz CT molecular complexity index is 3060. The van der Waals surface area contributed by atoms with Crippen molar-refractivity contribution in [2.24, 2.45) is 0 Å². The molecule has 232 valence electrons. The first-order chi connectivity index (χ1) is 24.7. The maximum atomic E-state index is 5.45. The molecule has 12 rings (SSSR count). The first-order valence-corrected chi connectivity index (χ1v) is 17.4. The SMILES string of the molecule is Cc1cccc(C)c1-c1nc2cccc3c2n1B1c2ccc(-n4c5ccccc5c5ccccc54)cc2-n2c4ccccc4c4ccc-3c1c42. The molecule has 0 saturated heterocycles. The predicted octanol–water partition coefficient (Wildman–Crippen LogP) is 9.46. The van der Waals surface area contributed by atoms with Crippen LogP contribution in [0.25, 0.3) is 88.5 Å². The topological polar surface area (TPSA) is 27.7 Å². The lowest BCUT2D eigenvalue weighted by atomic mass is 9.45. The Kier molecular flexibility index (Phi) is 4.90. The normalized spacial score (nSPS) is 13.0. The van der Waals surface area contributed by atoms with Crippen molar-refractivity contribution in [2.75, 3.05) is 0 Å². The van der Waals surface area contributed by atoms with E-state index in [0.29, 0.717) is 0 Å². The van der Waals surface area contributed by atoms with Crippen molar-refractivity contribution in [3.8, 4) is 33.9 Å². The molecular formula is C45H29BN4. The van der Waals surface area contributed by atoms with E-state index >= 15 is 0 Å². The van der Waals surface area contributed by atoms with Gasteiger partial charge in [-0.3, -0.25) is 0 Å². The Balaban J connectivity index is 1.26. The van der Waals surface area contributed by atoms with Crippen LogP contribution in [0, 0.1) is 13.8 Å². The summed E-state index contributed by atoms with van der Waals surface area (Å²) in [6.07, 6.45) is 0. The number of para-hydroxylation sites is 4. The highest BCUT2D eigenvalue weighted by atomic mass is 15.1. The van der Waals surface area contributed by atoms with E-state index in [-0.39, 0.29) is 6.85 Å². The van der Waals surface area contributed by atoms with Crippen LogP contribution in [0.5, 0.6) is 0 Å². The minimum absolute atomic E-state index is 0.0402. The van der Waals surface area contributed by atoms with E-state index in [2.05, 4.69) is 167 Å². The average molecular weight is 637 g/mol. The van der Waals surface area contributed by atoms with Gasteiger partial charge in [0.05, 0.1) is 33.1 Å². The highest BCUT2D eigenvalue weighted by Gasteiger charge is 2.42. The zero-order chi connectivity index (χ0) is 32.8. The van der Waals surface area contributed by atoms with Crippen molar-refractivity contribution in [1.29, 1.82) is 0 Å². The molecule has 2 aliphatic rings. The number of imidazole rings is 1. The van der Waals surface area contributed by atoms with Gasteiger partial charge in [-0.1, -0.05) is 103 Å². The van der Waals surface area contributed by atoms with Crippen LogP contribution in [-0.2, 0) is 0 Å². The molecule has 2 aliphatic heterocycles. The third-order valence-corrected chi connectivity index (χ3v) is 11.5. The van der Waals surface area contributed by atoms with Crippen LogP contribution in [0.1, 0.15) is 11.1 Å². The second kappa shape index (κ2) is 9.22. The van der Waals surface area contributed by atoms with E-state index in [9.17, 15) is 0 Å². The minimum Gasteiger partial charge on any atom is -0.359 e. The van der Waals surface area contributed by atoms with Gasteiger partial charge in [0, 0.05) is 44.0 Å². The Morgan fingerprint density at radius 2 is 1.16 bits per heavy atom. The molecular weight excluding hydrogens is 607 g/mol. The van der Waals surface area contributed by atoms with Crippen molar-refractivity contribution in [2.45, 2.75) is 13.8 Å². The number of aromatic nitrogens is 4. The van der Waals surface area contributed by atoms with Crippen LogP contribution in [-0.4, -0.2) is 25.4 Å². The lowest BCUT2D eigenvalue weighted by molar-refractivity contribution is 1.13. The quantitative estimate of drug-likeness (QED) is 0.174. The molecule has 0 saturated carbocycles. The largest absolute Gasteiger partial charge is 0.359 e. The number of benzene rings is 7. The minimum atomic E-state index is -0.0402. The second-order valence-electron chi connectivity index (χ2n) is 14.0. The zero-order valence-corrected chi connectivity index (χ0v) is 27.6. The van der Waals surface area contributed by atoms with Gasteiger partial charge in [0.2, 0.25) is 0 Å². The molecule has 5 heteroatoms. The molecule has 50 heavy (non-hydrogen) atoms. The fraction of sp³-hybridized carbons (Fsp3) is 0.0444. The average Bonchev–Trinajstić information content (AvgIpc) is 3.81. The van der Waals surface area contributed by atoms with Gasteiger partial charge in [0.15, 0.2) is 0 Å². The van der Waals surface area contributed by atoms with Crippen molar-refractivity contribution < 1.29 is 0 Å². The first-order valence-electron chi connectivity index (χ1n) is 17.4. The van der Waals surface area contributed by atoms with Crippen LogP contribution in [0.15, 0.2) is 140 Å². The van der Waals surface area contributed by atoms with Crippen LogP contribution < -0.4 is 10.9 Å². The van der Waals surface area contributed by atoms with Gasteiger partial charge in [-0.15, -0.1) is 0 Å². The molecule has 0 amide bonds. The lowest BCUT2D eigenvalue weighted by Gasteiger charge is -2.34. The Hall–Kier alpha value is -6.33. The molecule has 7 aromatic carbocycles. The fourth-order valence-electron chi connectivity index (χ4n) is 9.53. The van der Waals surface area contributed by atoms with E-state index in [1.54, 1.807) is 0 Å². The van der Waals surface area contributed by atoms with Gasteiger partial charge in [-0.25, -0.2) is 4.98 Å². The molecule has 0 radical (unpaired) electrons. The molecule has 0 spiro atoms. The van der Waals surface area contributed by atoms with Crippen LogP contribution in [0.3, 0.4) is 0 Å². The van der Waals surface area contributed by atoms with Crippen molar-refractivity contribution >= 4 is 72.4 Å². The van der Waals surface area contributed by atoms with Gasteiger partial charge < -0.3 is 13.6 Å². The van der Waals surface area contributed by atoms with Crippen LogP contribution in [0.2, 0.25) is 0 Å². The Morgan fingerprint density at radius 3 is 1.88 bits per heavy atom. The molecule has 10 aromatic rings. The number of nitrogens with zero attached hydrogens (tertiary/aromatic N) is 4. The van der Waals surface area contributed by atoms with Crippen molar-refractivity contribution in [3.63, 3.8) is 0 Å². The van der Waals surface area contributed by atoms with Crippen LogP contribution in [0.4, 0.5) is 0 Å². The van der Waals surface area contributed by atoms with E-state index in [4.69, 9.17) is 4.98 Å². The number of hydrogen-bond donors (Lipinski definition) is 0. The highest BCUT2D eigenvalue weighted by Crippen LogP contribution is 2.43. The predicted molar refractivity (Wildman–Crippen MR) is 209 cm³/mol. The van der Waals surface area contributed by atoms with Gasteiger partial charge in [0.1, 0.15) is 5.82 Å². The van der Waals surface area contributed by atoms with E-state index in [1.807, 2.05) is 0 Å². The number of hydrogen-bond acceptors (Lipinski definition) is 1. The summed E-state index contributed by atoms with van der Waals surface area (Å²) >= 11 is 0. The number of rotatable bonds is 2. The summed E-state index contributed by atoms with van der Waals surface area (Å²) in [7, 11) is 0. The highest BCUT2D eigenvalue weighted by molar-refractivity contribution is 6.89. The maximum absolute atomic E-state index is 5.45. The molecule has 0 unspecified atom stereocenters. The molecule has 0 aliphatic carbocycles. The summed E-state index contributed by atoms with van der Waals surface area (Å²) in [5, 5.41) is 5.12. The first kappa shape index (κ1) is 26.6. The van der Waals surface area contributed by atoms with Crippen molar-refractivity contribution in [3.05, 3.63) is 151 Å². The fourth-order valence-corrected chi connectivity index (χ4v) is 9.53. The van der Waals surface area contributed by atoms with Crippen LogP contribution >= 0.6 is 0 Å². The molecule has 4 nitrogen and oxygen atoms in total. The second-order valence-corrected chi connectivity index (χ2v) is 14.0. The smallest absolute Gasteiger partial charge is 0.334 e. The summed E-state index contributed by atoms with van der Waals surface area (Å²) < 4.78 is 7.56. The summed E-state index contributed by atoms with van der Waals surface area (Å²) in [5.74, 6) is 1.04. The number of aryl methyl sites for hydroxylation is 2. The van der Waals surface area contributed by atoms with E-state index < -0.39 is 0 Å². The summed E-state index contributed by atoms with van der Waals surface area (Å²) in [6, 6.07) is 51.6. The Labute approximate surface area is 288 Å². The maximum Gasteiger partial charge on any atom is 0.334 e. The molecule has 0 fully saturated rings. The third-order valence-electron chi connectivity index (χ3n) is 11.5. The Morgan fingerprint density at radius 1 is 0.520 bits per heavy atom. The van der Waals surface area contributed by atoms with E-state index in [1.165, 1.54) is 93.6 Å². The molecule has 0 atom stereocenters. The summed E-state index contributed by atoms with van der Waals surface area (Å²) in [5.41, 5.74) is 18.5. The lowest BCUT2D eigenvalue weighted by Crippen LogP contribution is -2.55. The molecule has 5 heterocycles. The summed E-state index contributed by atoms with van der Waals surface area (Å²) in [6.45, 7) is 4.40. The standard InChI is InChI=1S/C45H29BN4/c1-26-11-9-12-27(2)41(26)45-47-36-17-10-16-33-32-22-23-34-31-15-5-8-20-39(31)49-40-25-28(21-24-35(40)46(42(32)44(34)49)50(45)43(33)36)48-37-18-6-3-13-29(37)30-14-4-7-19-38(30)48/h3-25H,1-2H3. The van der Waals surface area contributed by atoms with Gasteiger partial charge >= 0.3 is 6.85 Å². The summed E-state index contributed by atoms with van der Waals surface area (Å²) in [4.78, 5) is 5.45. The molecule has 0 N–H and O–H groups in total. The number of fused-ring (bicyclic) bond motifs is 11. The van der Waals surface area contributed by atoms with Crippen molar-refractivity contribution in [1.82, 2.24) is 18.6 Å². The van der Waals surface area contributed by atoms with Gasteiger partial charge in [-0.2, -0.15) is 0 Å². The van der Waals surface area contributed by atoms with Gasteiger partial charge in [0.25, 0.3) is 0 Å². The zero-order valence-electron chi connectivity index (χ0n) is 27.6. The monoisotopic (exact) mass is 636 g/mol. The molecule has 0 bridgehead atoms.